The van der Waals surface area contributed by atoms with E-state index in [9.17, 15) is 19.8 Å². The number of hydrogen-bond acceptors (Lipinski definition) is 7. The highest BCUT2D eigenvalue weighted by Crippen LogP contribution is 2.18. The third kappa shape index (κ3) is 2.00. The molecule has 0 aromatic heterocycles. The Morgan fingerprint density at radius 2 is 2.21 bits per heavy atom. The number of hydrogen-bond donors (Lipinski definition) is 3. The molecule has 0 amide bonds. The summed E-state index contributed by atoms with van der Waals surface area (Å²) in [4.78, 5) is 20.5. The van der Waals surface area contributed by atoms with Crippen LogP contribution in [0.3, 0.4) is 0 Å². The van der Waals surface area contributed by atoms with Crippen molar-refractivity contribution in [3.63, 3.8) is 0 Å². The fraction of sp³-hybridized carbons (Fsp3) is 0.714. The largest absolute Gasteiger partial charge is 0.465 e. The highest BCUT2D eigenvalue weighted by molar-refractivity contribution is 5.77. The predicted molar refractivity (Wildman–Crippen MR) is 39.9 cm³/mol. The maximum absolute atomic E-state index is 10.7. The molecule has 1 aliphatic rings. The van der Waals surface area contributed by atoms with E-state index < -0.39 is 37.0 Å². The van der Waals surface area contributed by atoms with Crippen molar-refractivity contribution in [2.24, 2.45) is 0 Å². The van der Waals surface area contributed by atoms with Gasteiger partial charge in [0, 0.05) is 0 Å². The summed E-state index contributed by atoms with van der Waals surface area (Å²) in [5, 5.41) is 27.4. The molecule has 7 nitrogen and oxygen atoms in total. The number of rotatable bonds is 4. The van der Waals surface area contributed by atoms with Crippen LogP contribution in [0.15, 0.2) is 0 Å². The van der Waals surface area contributed by atoms with Crippen molar-refractivity contribution < 1.29 is 34.4 Å². The summed E-state index contributed by atoms with van der Waals surface area (Å²) >= 11 is 0. The van der Waals surface area contributed by atoms with Crippen molar-refractivity contribution in [2.45, 2.75) is 24.4 Å². The van der Waals surface area contributed by atoms with Crippen LogP contribution < -0.4 is 0 Å². The molecule has 0 aromatic rings. The van der Waals surface area contributed by atoms with Gasteiger partial charge in [-0.15, -0.1) is 0 Å². The van der Waals surface area contributed by atoms with Crippen LogP contribution in [0.4, 0.5) is 0 Å². The molecule has 80 valence electrons. The number of esters is 1. The highest BCUT2D eigenvalue weighted by atomic mass is 16.6. The summed E-state index contributed by atoms with van der Waals surface area (Å²) in [5.41, 5.74) is 0. The molecule has 2 unspecified atom stereocenters. The van der Waals surface area contributed by atoms with Crippen LogP contribution in [0.5, 0.6) is 0 Å². The van der Waals surface area contributed by atoms with Gasteiger partial charge in [0.25, 0.3) is 6.47 Å². The Hall–Kier alpha value is -1.18. The summed E-state index contributed by atoms with van der Waals surface area (Å²) in [6.45, 7) is -0.298. The molecule has 1 rings (SSSR count). The number of aliphatic hydroxyl groups excluding tert-OH is 3. The van der Waals surface area contributed by atoms with Crippen molar-refractivity contribution >= 4 is 12.4 Å². The molecule has 4 atom stereocenters. The normalized spacial score (nSPS) is 33.6. The van der Waals surface area contributed by atoms with Crippen LogP contribution in [0.1, 0.15) is 0 Å². The Balaban J connectivity index is 2.52. The lowest BCUT2D eigenvalue weighted by Gasteiger charge is -2.18. The molecular formula is C7H10O7. The van der Waals surface area contributed by atoms with E-state index in [1.165, 1.54) is 0 Å². The standard InChI is InChI=1S/C7H10O7/c8-2-13-1-3(9)6-4(10)5(11)7(12)14-6/h2-6,9-11H,1H2/t3-,4?,5?,6+/m0/s1. The Bertz CT molecular complexity index is 228. The summed E-state index contributed by atoms with van der Waals surface area (Å²) in [6, 6.07) is 0. The smallest absolute Gasteiger partial charge is 0.338 e. The molecule has 14 heavy (non-hydrogen) atoms. The van der Waals surface area contributed by atoms with Crippen LogP contribution in [0.2, 0.25) is 0 Å². The number of aliphatic hydroxyl groups is 3. The summed E-state index contributed by atoms with van der Waals surface area (Å²) in [5.74, 6) is -1.01. The maximum atomic E-state index is 10.7. The summed E-state index contributed by atoms with van der Waals surface area (Å²) in [6.07, 6.45) is -5.78. The van der Waals surface area contributed by atoms with E-state index in [1.807, 2.05) is 0 Å². The van der Waals surface area contributed by atoms with Crippen molar-refractivity contribution in [3.8, 4) is 0 Å². The fourth-order valence-corrected chi connectivity index (χ4v) is 1.13. The predicted octanol–water partition coefficient (Wildman–Crippen LogP) is -2.83. The lowest BCUT2D eigenvalue weighted by atomic mass is 10.1. The monoisotopic (exact) mass is 206 g/mol. The van der Waals surface area contributed by atoms with Crippen LogP contribution in [-0.4, -0.2) is 58.8 Å². The second-order valence-electron chi connectivity index (χ2n) is 2.83. The van der Waals surface area contributed by atoms with Crippen molar-refractivity contribution in [1.29, 1.82) is 0 Å². The first-order valence-corrected chi connectivity index (χ1v) is 3.88. The number of carbonyl (C=O) groups is 2. The quantitative estimate of drug-likeness (QED) is 0.335. The molecule has 0 spiro atoms. The SMILES string of the molecule is O=COC[C@H](O)[C@H]1OC(=O)C(O)C1O. The van der Waals surface area contributed by atoms with E-state index in [0.29, 0.717) is 0 Å². The molecule has 1 fully saturated rings. The first-order chi connectivity index (χ1) is 6.57. The van der Waals surface area contributed by atoms with Gasteiger partial charge in [-0.25, -0.2) is 4.79 Å². The van der Waals surface area contributed by atoms with Crippen LogP contribution in [0.25, 0.3) is 0 Å². The Kier molecular flexibility index (Phi) is 3.39. The zero-order chi connectivity index (χ0) is 10.7. The summed E-state index contributed by atoms with van der Waals surface area (Å²) in [7, 11) is 0. The van der Waals surface area contributed by atoms with Crippen molar-refractivity contribution in [3.05, 3.63) is 0 Å². The van der Waals surface area contributed by atoms with Gasteiger partial charge in [0.1, 0.15) is 18.8 Å². The minimum atomic E-state index is -1.66. The van der Waals surface area contributed by atoms with E-state index in [-0.39, 0.29) is 6.47 Å². The van der Waals surface area contributed by atoms with Crippen LogP contribution in [-0.2, 0) is 19.1 Å². The highest BCUT2D eigenvalue weighted by Gasteiger charge is 2.46. The van der Waals surface area contributed by atoms with Gasteiger partial charge < -0.3 is 24.8 Å². The van der Waals surface area contributed by atoms with Gasteiger partial charge >= 0.3 is 5.97 Å². The van der Waals surface area contributed by atoms with E-state index in [4.69, 9.17) is 5.11 Å². The first-order valence-electron chi connectivity index (χ1n) is 3.88. The topological polar surface area (TPSA) is 113 Å². The van der Waals surface area contributed by atoms with E-state index in [0.717, 1.165) is 0 Å². The lowest BCUT2D eigenvalue weighted by Crippen LogP contribution is -2.40. The molecule has 1 saturated heterocycles. The average Bonchev–Trinajstić information content (AvgIpc) is 2.42. The van der Waals surface area contributed by atoms with Gasteiger partial charge in [0.15, 0.2) is 12.2 Å². The molecule has 0 bridgehead atoms. The number of cyclic esters (lactones) is 1. The minimum absolute atomic E-state index is 0.114. The third-order valence-corrected chi connectivity index (χ3v) is 1.87. The maximum Gasteiger partial charge on any atom is 0.338 e. The molecule has 0 radical (unpaired) electrons. The van der Waals surface area contributed by atoms with E-state index in [1.54, 1.807) is 0 Å². The van der Waals surface area contributed by atoms with E-state index in [2.05, 4.69) is 9.47 Å². The first kappa shape index (κ1) is 10.9. The molecule has 0 aliphatic carbocycles. The van der Waals surface area contributed by atoms with Gasteiger partial charge in [-0.2, -0.15) is 0 Å². The lowest BCUT2D eigenvalue weighted by molar-refractivity contribution is -0.152. The van der Waals surface area contributed by atoms with Gasteiger partial charge in [0.2, 0.25) is 0 Å². The molecule has 1 heterocycles. The zero-order valence-electron chi connectivity index (χ0n) is 7.07. The van der Waals surface area contributed by atoms with E-state index >= 15 is 0 Å². The van der Waals surface area contributed by atoms with Gasteiger partial charge in [-0.3, -0.25) is 4.79 Å². The molecular weight excluding hydrogens is 196 g/mol. The molecule has 3 N–H and O–H groups in total. The Morgan fingerprint density at radius 3 is 2.64 bits per heavy atom. The summed E-state index contributed by atoms with van der Waals surface area (Å²) < 4.78 is 8.67. The molecule has 0 aromatic carbocycles. The fourth-order valence-electron chi connectivity index (χ4n) is 1.13. The van der Waals surface area contributed by atoms with Crippen LogP contribution in [0, 0.1) is 0 Å². The van der Waals surface area contributed by atoms with Crippen molar-refractivity contribution in [2.75, 3.05) is 6.61 Å². The second-order valence-corrected chi connectivity index (χ2v) is 2.83. The average molecular weight is 206 g/mol. The number of carbonyl (C=O) groups excluding carboxylic acids is 2. The number of ether oxygens (including phenoxy) is 2. The van der Waals surface area contributed by atoms with Crippen LogP contribution >= 0.6 is 0 Å². The van der Waals surface area contributed by atoms with Gasteiger partial charge in [0.05, 0.1) is 0 Å². The molecule has 1 aliphatic heterocycles. The Morgan fingerprint density at radius 1 is 1.57 bits per heavy atom. The molecule has 0 saturated carbocycles. The Labute approximate surface area is 78.9 Å². The second kappa shape index (κ2) is 4.36. The van der Waals surface area contributed by atoms with Gasteiger partial charge in [-0.05, 0) is 0 Å². The third-order valence-electron chi connectivity index (χ3n) is 1.87. The van der Waals surface area contributed by atoms with Crippen molar-refractivity contribution in [1.82, 2.24) is 0 Å². The molecule has 7 heteroatoms. The minimum Gasteiger partial charge on any atom is -0.465 e. The van der Waals surface area contributed by atoms with Gasteiger partial charge in [-0.1, -0.05) is 0 Å². The zero-order valence-corrected chi connectivity index (χ0v) is 7.07.